The fraction of sp³-hybridized carbons (Fsp3) is 0.769. The topological polar surface area (TPSA) is 70.4 Å². The number of ether oxygens (including phenoxy) is 1. The lowest BCUT2D eigenvalue weighted by atomic mass is 9.86. The number of esters is 1. The van der Waals surface area contributed by atoms with Gasteiger partial charge in [0.15, 0.2) is 0 Å². The number of methoxy groups -OCH3 is 1. The molecule has 0 aliphatic carbocycles. The maximum atomic E-state index is 12.4. The van der Waals surface area contributed by atoms with Gasteiger partial charge in [-0.15, -0.1) is 0 Å². The van der Waals surface area contributed by atoms with Crippen molar-refractivity contribution < 1.29 is 14.3 Å². The number of likely N-dealkylation sites (tertiary alicyclic amines) is 1. The normalized spacial score (nSPS) is 22.8. The van der Waals surface area contributed by atoms with E-state index in [9.17, 15) is 9.59 Å². The number of rotatable bonds is 3. The number of amides is 1. The van der Waals surface area contributed by atoms with Gasteiger partial charge in [0.25, 0.3) is 0 Å². The van der Waals surface area contributed by atoms with E-state index in [-0.39, 0.29) is 11.9 Å². The SMILES string of the molecule is CCC(C)(C#N)C(=O)N1CCCCC1C(=O)OC. The molecule has 1 heterocycles. The molecule has 100 valence electrons. The molecule has 1 aliphatic heterocycles. The summed E-state index contributed by atoms with van der Waals surface area (Å²) in [7, 11) is 1.32. The van der Waals surface area contributed by atoms with E-state index in [2.05, 4.69) is 6.07 Å². The first-order chi connectivity index (χ1) is 8.50. The molecule has 5 nitrogen and oxygen atoms in total. The maximum absolute atomic E-state index is 12.4. The van der Waals surface area contributed by atoms with E-state index in [1.807, 2.05) is 0 Å². The molecule has 1 rings (SSSR count). The van der Waals surface area contributed by atoms with Crippen LogP contribution in [0.3, 0.4) is 0 Å². The van der Waals surface area contributed by atoms with Crippen molar-refractivity contribution in [2.24, 2.45) is 5.41 Å². The molecule has 0 N–H and O–H groups in total. The molecule has 0 aromatic rings. The summed E-state index contributed by atoms with van der Waals surface area (Å²) >= 11 is 0. The van der Waals surface area contributed by atoms with Crippen molar-refractivity contribution >= 4 is 11.9 Å². The Labute approximate surface area is 108 Å². The van der Waals surface area contributed by atoms with E-state index < -0.39 is 11.5 Å². The van der Waals surface area contributed by atoms with Crippen molar-refractivity contribution in [1.29, 1.82) is 5.26 Å². The summed E-state index contributed by atoms with van der Waals surface area (Å²) in [6.07, 6.45) is 2.82. The van der Waals surface area contributed by atoms with E-state index in [0.29, 0.717) is 19.4 Å². The van der Waals surface area contributed by atoms with Crippen molar-refractivity contribution in [1.82, 2.24) is 4.90 Å². The van der Waals surface area contributed by atoms with Crippen LogP contribution in [0.5, 0.6) is 0 Å². The predicted octanol–water partition coefficient (Wildman–Crippen LogP) is 1.48. The Morgan fingerprint density at radius 1 is 1.50 bits per heavy atom. The highest BCUT2D eigenvalue weighted by atomic mass is 16.5. The van der Waals surface area contributed by atoms with Gasteiger partial charge >= 0.3 is 5.97 Å². The molecule has 1 aliphatic rings. The van der Waals surface area contributed by atoms with Crippen LogP contribution in [-0.4, -0.2) is 36.5 Å². The summed E-state index contributed by atoms with van der Waals surface area (Å²) in [5, 5.41) is 9.15. The van der Waals surface area contributed by atoms with Crippen LogP contribution in [0.4, 0.5) is 0 Å². The summed E-state index contributed by atoms with van der Waals surface area (Å²) in [5.74, 6) is -0.651. The number of nitrogens with zero attached hydrogens (tertiary/aromatic N) is 2. The third-order valence-electron chi connectivity index (χ3n) is 3.66. The van der Waals surface area contributed by atoms with Crippen LogP contribution in [0.25, 0.3) is 0 Å². The first kappa shape index (κ1) is 14.5. The molecule has 0 aromatic heterocycles. The molecule has 1 fully saturated rings. The Morgan fingerprint density at radius 2 is 2.17 bits per heavy atom. The number of carbonyl (C=O) groups is 2. The highest BCUT2D eigenvalue weighted by Gasteiger charge is 2.41. The second-order valence-corrected chi connectivity index (χ2v) is 4.83. The number of carbonyl (C=O) groups excluding carboxylic acids is 2. The van der Waals surface area contributed by atoms with Gasteiger partial charge in [-0.25, -0.2) is 4.79 Å². The molecule has 2 unspecified atom stereocenters. The second-order valence-electron chi connectivity index (χ2n) is 4.83. The maximum Gasteiger partial charge on any atom is 0.328 e. The van der Waals surface area contributed by atoms with Crippen LogP contribution in [-0.2, 0) is 14.3 Å². The number of piperidine rings is 1. The molecule has 18 heavy (non-hydrogen) atoms. The Hall–Kier alpha value is -1.57. The highest BCUT2D eigenvalue weighted by molar-refractivity contribution is 5.89. The average Bonchev–Trinajstić information content (AvgIpc) is 2.44. The smallest absolute Gasteiger partial charge is 0.328 e. The van der Waals surface area contributed by atoms with Crippen molar-refractivity contribution in [3.05, 3.63) is 0 Å². The van der Waals surface area contributed by atoms with E-state index in [4.69, 9.17) is 10.00 Å². The molecule has 0 aromatic carbocycles. The third-order valence-corrected chi connectivity index (χ3v) is 3.66. The van der Waals surface area contributed by atoms with Crippen molar-refractivity contribution in [2.75, 3.05) is 13.7 Å². The van der Waals surface area contributed by atoms with Gasteiger partial charge in [-0.2, -0.15) is 5.26 Å². The van der Waals surface area contributed by atoms with Gasteiger partial charge in [0, 0.05) is 6.54 Å². The molecule has 5 heteroatoms. The Bertz CT molecular complexity index is 375. The number of hydrogen-bond donors (Lipinski definition) is 0. The van der Waals surface area contributed by atoms with Crippen LogP contribution >= 0.6 is 0 Å². The van der Waals surface area contributed by atoms with Crippen molar-refractivity contribution in [3.63, 3.8) is 0 Å². The van der Waals surface area contributed by atoms with Crippen molar-refractivity contribution in [2.45, 2.75) is 45.6 Å². The zero-order chi connectivity index (χ0) is 13.8. The van der Waals surface area contributed by atoms with Crippen LogP contribution in [0.1, 0.15) is 39.5 Å². The molecular formula is C13H20N2O3. The molecule has 1 saturated heterocycles. The lowest BCUT2D eigenvalue weighted by Crippen LogP contribution is -2.52. The zero-order valence-electron chi connectivity index (χ0n) is 11.2. The van der Waals surface area contributed by atoms with Gasteiger partial charge in [0.2, 0.25) is 5.91 Å². The van der Waals surface area contributed by atoms with Gasteiger partial charge in [0.1, 0.15) is 11.5 Å². The van der Waals surface area contributed by atoms with Gasteiger partial charge in [-0.1, -0.05) is 6.92 Å². The van der Waals surface area contributed by atoms with E-state index >= 15 is 0 Å². The Kier molecular flexibility index (Phi) is 4.71. The highest BCUT2D eigenvalue weighted by Crippen LogP contribution is 2.28. The molecule has 0 spiro atoms. The first-order valence-electron chi connectivity index (χ1n) is 6.30. The minimum atomic E-state index is -1.05. The Balaban J connectivity index is 2.94. The minimum absolute atomic E-state index is 0.261. The monoisotopic (exact) mass is 252 g/mol. The largest absolute Gasteiger partial charge is 0.467 e. The minimum Gasteiger partial charge on any atom is -0.467 e. The molecule has 2 atom stereocenters. The fourth-order valence-electron chi connectivity index (χ4n) is 2.15. The molecule has 0 saturated carbocycles. The van der Waals surface area contributed by atoms with E-state index in [1.54, 1.807) is 13.8 Å². The molecule has 1 amide bonds. The molecule has 0 radical (unpaired) electrons. The molecule has 0 bridgehead atoms. The number of hydrogen-bond acceptors (Lipinski definition) is 4. The first-order valence-corrected chi connectivity index (χ1v) is 6.30. The summed E-state index contributed by atoms with van der Waals surface area (Å²) in [6, 6.07) is 1.53. The van der Waals surface area contributed by atoms with Gasteiger partial charge in [0.05, 0.1) is 13.2 Å². The fourth-order valence-corrected chi connectivity index (χ4v) is 2.15. The quantitative estimate of drug-likeness (QED) is 0.713. The van der Waals surface area contributed by atoms with Crippen LogP contribution in [0, 0.1) is 16.7 Å². The van der Waals surface area contributed by atoms with Crippen LogP contribution < -0.4 is 0 Å². The van der Waals surface area contributed by atoms with Gasteiger partial charge in [-0.05, 0) is 32.6 Å². The van der Waals surface area contributed by atoms with Gasteiger partial charge < -0.3 is 9.64 Å². The van der Waals surface area contributed by atoms with Crippen molar-refractivity contribution in [3.8, 4) is 6.07 Å². The average molecular weight is 252 g/mol. The summed E-state index contributed by atoms with van der Waals surface area (Å²) in [4.78, 5) is 25.6. The lowest BCUT2D eigenvalue weighted by molar-refractivity contribution is -0.157. The zero-order valence-corrected chi connectivity index (χ0v) is 11.2. The standard InChI is InChI=1S/C13H20N2O3/c1-4-13(2,9-14)12(17)15-8-6-5-7-10(15)11(16)18-3/h10H,4-8H2,1-3H3. The third kappa shape index (κ3) is 2.63. The lowest BCUT2D eigenvalue weighted by Gasteiger charge is -2.37. The summed E-state index contributed by atoms with van der Waals surface area (Å²) in [6.45, 7) is 3.95. The Morgan fingerprint density at radius 3 is 2.67 bits per heavy atom. The second kappa shape index (κ2) is 5.85. The molecular weight excluding hydrogens is 232 g/mol. The van der Waals surface area contributed by atoms with Gasteiger partial charge in [-0.3, -0.25) is 4.79 Å². The summed E-state index contributed by atoms with van der Waals surface area (Å²) in [5.41, 5.74) is -1.05. The van der Waals surface area contributed by atoms with Crippen LogP contribution in [0.15, 0.2) is 0 Å². The summed E-state index contributed by atoms with van der Waals surface area (Å²) < 4.78 is 4.73. The van der Waals surface area contributed by atoms with E-state index in [0.717, 1.165) is 12.8 Å². The number of nitriles is 1. The van der Waals surface area contributed by atoms with Crippen LogP contribution in [0.2, 0.25) is 0 Å². The predicted molar refractivity (Wildman–Crippen MR) is 65.4 cm³/mol. The van der Waals surface area contributed by atoms with E-state index in [1.165, 1.54) is 12.0 Å².